The lowest BCUT2D eigenvalue weighted by atomic mass is 10.0. The quantitative estimate of drug-likeness (QED) is 0.350. The Morgan fingerprint density at radius 1 is 1.11 bits per heavy atom. The van der Waals surface area contributed by atoms with Gasteiger partial charge in [0.25, 0.3) is 5.91 Å². The SMILES string of the molecule is C/C(=C1\Oc2cccc(OCCCCN3CCC(NC(=O)c4cccc(Cl)c4)CC3)c2C1=O)C1CC1. The molecule has 1 amide bonds. The predicted octanol–water partition coefficient (Wildman–Crippen LogP) is 5.65. The minimum absolute atomic E-state index is 0.0460. The number of benzene rings is 2. The summed E-state index contributed by atoms with van der Waals surface area (Å²) < 4.78 is 11.9. The number of Topliss-reactive ketones (excluding diaryl/α,β-unsaturated/α-hetero) is 1. The topological polar surface area (TPSA) is 67.9 Å². The summed E-state index contributed by atoms with van der Waals surface area (Å²) in [6.45, 7) is 5.51. The van der Waals surface area contributed by atoms with Gasteiger partial charge in [0.15, 0.2) is 5.76 Å². The molecule has 0 unspecified atom stereocenters. The number of ketones is 1. The van der Waals surface area contributed by atoms with E-state index in [2.05, 4.69) is 10.2 Å². The highest BCUT2D eigenvalue weighted by atomic mass is 35.5. The maximum absolute atomic E-state index is 13.0. The lowest BCUT2D eigenvalue weighted by Crippen LogP contribution is -2.44. The summed E-state index contributed by atoms with van der Waals surface area (Å²) in [7, 11) is 0. The Labute approximate surface area is 217 Å². The van der Waals surface area contributed by atoms with Gasteiger partial charge in [0, 0.05) is 29.7 Å². The number of hydrogen-bond acceptors (Lipinski definition) is 5. The minimum atomic E-state index is -0.0605. The molecular formula is C29H33ClN2O4. The van der Waals surface area contributed by atoms with Gasteiger partial charge in [0.05, 0.1) is 6.61 Å². The van der Waals surface area contributed by atoms with Gasteiger partial charge in [0.2, 0.25) is 5.78 Å². The maximum atomic E-state index is 13.0. The zero-order valence-corrected chi connectivity index (χ0v) is 21.5. The van der Waals surface area contributed by atoms with E-state index in [0.29, 0.717) is 45.9 Å². The van der Waals surface area contributed by atoms with Crippen molar-refractivity contribution in [1.29, 1.82) is 0 Å². The number of likely N-dealkylation sites (tertiary alicyclic amines) is 1. The van der Waals surface area contributed by atoms with Crippen molar-refractivity contribution in [1.82, 2.24) is 10.2 Å². The zero-order chi connectivity index (χ0) is 25.1. The number of carbonyl (C=O) groups excluding carboxylic acids is 2. The van der Waals surface area contributed by atoms with Crippen LogP contribution in [0.15, 0.2) is 53.8 Å². The molecule has 5 rings (SSSR count). The number of unbranched alkanes of at least 4 members (excludes halogenated alkanes) is 1. The number of rotatable bonds is 9. The van der Waals surface area contributed by atoms with Crippen LogP contribution in [0.5, 0.6) is 11.5 Å². The van der Waals surface area contributed by atoms with Crippen LogP contribution in [0, 0.1) is 5.92 Å². The summed E-state index contributed by atoms with van der Waals surface area (Å²) in [5.74, 6) is 2.11. The van der Waals surface area contributed by atoms with Gasteiger partial charge in [-0.15, -0.1) is 0 Å². The summed E-state index contributed by atoms with van der Waals surface area (Å²) in [6.07, 6.45) is 6.09. The number of amides is 1. The summed E-state index contributed by atoms with van der Waals surface area (Å²) >= 11 is 6.00. The average molecular weight is 509 g/mol. The Hall–Kier alpha value is -2.83. The molecule has 0 aromatic heterocycles. The average Bonchev–Trinajstić information content (AvgIpc) is 3.68. The molecule has 2 aromatic carbocycles. The summed E-state index contributed by atoms with van der Waals surface area (Å²) in [5.41, 5.74) is 2.23. The molecule has 1 aliphatic carbocycles. The number of fused-ring (bicyclic) bond motifs is 1. The van der Waals surface area contributed by atoms with Gasteiger partial charge in [-0.2, -0.15) is 0 Å². The van der Waals surface area contributed by atoms with Crippen molar-refractivity contribution in [2.45, 2.75) is 51.5 Å². The molecule has 2 aromatic rings. The van der Waals surface area contributed by atoms with Crippen molar-refractivity contribution >= 4 is 23.3 Å². The molecule has 6 nitrogen and oxygen atoms in total. The molecule has 190 valence electrons. The fourth-order valence-electron chi connectivity index (χ4n) is 4.99. The molecule has 3 aliphatic rings. The molecule has 1 N–H and O–H groups in total. The van der Waals surface area contributed by atoms with Crippen molar-refractivity contribution in [3.8, 4) is 11.5 Å². The highest BCUT2D eigenvalue weighted by Gasteiger charge is 2.36. The van der Waals surface area contributed by atoms with Crippen molar-refractivity contribution < 1.29 is 19.1 Å². The van der Waals surface area contributed by atoms with Gasteiger partial charge in [0.1, 0.15) is 17.1 Å². The number of nitrogens with one attached hydrogen (secondary N) is 1. The molecule has 2 heterocycles. The fraction of sp³-hybridized carbons (Fsp3) is 0.448. The highest BCUT2D eigenvalue weighted by molar-refractivity contribution is 6.31. The fourth-order valence-corrected chi connectivity index (χ4v) is 5.18. The number of hydrogen-bond donors (Lipinski definition) is 1. The standard InChI is InChI=1S/C29H33ClN2O4/c1-19(20-10-11-20)28-27(33)26-24(8-5-9-25(26)36-28)35-17-3-2-14-32-15-12-23(13-16-32)31-29(34)21-6-4-7-22(30)18-21/h4-9,18,20,23H,2-3,10-17H2,1H3,(H,31,34)/b28-19+. The van der Waals surface area contributed by atoms with E-state index >= 15 is 0 Å². The van der Waals surface area contributed by atoms with Crippen molar-refractivity contribution in [3.05, 3.63) is 69.9 Å². The van der Waals surface area contributed by atoms with Crippen LogP contribution in [0.3, 0.4) is 0 Å². The van der Waals surface area contributed by atoms with E-state index in [1.807, 2.05) is 25.1 Å². The minimum Gasteiger partial charge on any atom is -0.493 e. The van der Waals surface area contributed by atoms with Crippen LogP contribution >= 0.6 is 11.6 Å². The van der Waals surface area contributed by atoms with E-state index in [0.717, 1.165) is 63.7 Å². The summed E-state index contributed by atoms with van der Waals surface area (Å²) in [5, 5.41) is 3.71. The third kappa shape index (κ3) is 5.76. The molecule has 2 aliphatic heterocycles. The van der Waals surface area contributed by atoms with E-state index in [-0.39, 0.29) is 17.7 Å². The van der Waals surface area contributed by atoms with E-state index < -0.39 is 0 Å². The van der Waals surface area contributed by atoms with Crippen LogP contribution in [0.25, 0.3) is 0 Å². The smallest absolute Gasteiger partial charge is 0.251 e. The normalized spacial score (nSPS) is 19.6. The first kappa shape index (κ1) is 24.8. The monoisotopic (exact) mass is 508 g/mol. The Kier molecular flexibility index (Phi) is 7.63. The van der Waals surface area contributed by atoms with Crippen LogP contribution in [0.1, 0.15) is 66.2 Å². The maximum Gasteiger partial charge on any atom is 0.251 e. The van der Waals surface area contributed by atoms with E-state index in [4.69, 9.17) is 21.1 Å². The van der Waals surface area contributed by atoms with Crippen molar-refractivity contribution in [2.75, 3.05) is 26.2 Å². The number of ether oxygens (including phenoxy) is 2. The van der Waals surface area contributed by atoms with E-state index in [9.17, 15) is 9.59 Å². The molecule has 36 heavy (non-hydrogen) atoms. The number of halogens is 1. The first-order valence-electron chi connectivity index (χ1n) is 13.0. The second kappa shape index (κ2) is 11.1. The molecule has 1 saturated carbocycles. The predicted molar refractivity (Wildman–Crippen MR) is 140 cm³/mol. The van der Waals surface area contributed by atoms with Crippen molar-refractivity contribution in [2.24, 2.45) is 5.92 Å². The highest BCUT2D eigenvalue weighted by Crippen LogP contribution is 2.43. The first-order chi connectivity index (χ1) is 17.5. The van der Waals surface area contributed by atoms with E-state index in [1.165, 1.54) is 0 Å². The molecule has 0 spiro atoms. The number of carbonyl (C=O) groups is 2. The molecule has 0 bridgehead atoms. The Morgan fingerprint density at radius 2 is 1.89 bits per heavy atom. The van der Waals surface area contributed by atoms with Gasteiger partial charge in [-0.1, -0.05) is 23.7 Å². The molecular weight excluding hydrogens is 476 g/mol. The van der Waals surface area contributed by atoms with E-state index in [1.54, 1.807) is 24.3 Å². The molecule has 0 radical (unpaired) electrons. The number of piperidine rings is 1. The largest absolute Gasteiger partial charge is 0.493 e. The first-order valence-corrected chi connectivity index (χ1v) is 13.4. The van der Waals surface area contributed by atoms with Gasteiger partial charge in [-0.25, -0.2) is 0 Å². The summed E-state index contributed by atoms with van der Waals surface area (Å²) in [4.78, 5) is 27.9. The number of nitrogens with zero attached hydrogens (tertiary/aromatic N) is 1. The van der Waals surface area contributed by atoms with Gasteiger partial charge in [-0.05, 0) is 93.8 Å². The number of allylic oxidation sites excluding steroid dienone is 2. The second-order valence-electron chi connectivity index (χ2n) is 10.0. The van der Waals surface area contributed by atoms with Gasteiger partial charge in [-0.3, -0.25) is 9.59 Å². The zero-order valence-electron chi connectivity index (χ0n) is 20.7. The third-order valence-corrected chi connectivity index (χ3v) is 7.55. The summed E-state index contributed by atoms with van der Waals surface area (Å²) in [6, 6.07) is 12.8. The third-order valence-electron chi connectivity index (χ3n) is 7.32. The van der Waals surface area contributed by atoms with Gasteiger partial charge < -0.3 is 19.7 Å². The van der Waals surface area contributed by atoms with Crippen LogP contribution in [0.2, 0.25) is 5.02 Å². The molecule has 7 heteroatoms. The Bertz CT molecular complexity index is 1170. The molecule has 0 atom stereocenters. The molecule has 2 fully saturated rings. The van der Waals surface area contributed by atoms with Crippen LogP contribution in [0.4, 0.5) is 0 Å². The van der Waals surface area contributed by atoms with Gasteiger partial charge >= 0.3 is 0 Å². The molecule has 1 saturated heterocycles. The van der Waals surface area contributed by atoms with Crippen LogP contribution in [-0.4, -0.2) is 48.9 Å². The second-order valence-corrected chi connectivity index (χ2v) is 10.4. The Balaban J connectivity index is 1.02. The lowest BCUT2D eigenvalue weighted by molar-refractivity contribution is 0.0909. The van der Waals surface area contributed by atoms with Crippen LogP contribution < -0.4 is 14.8 Å². The lowest BCUT2D eigenvalue weighted by Gasteiger charge is -2.32. The van der Waals surface area contributed by atoms with Crippen LogP contribution in [-0.2, 0) is 0 Å². The Morgan fingerprint density at radius 3 is 2.64 bits per heavy atom. The van der Waals surface area contributed by atoms with Crippen molar-refractivity contribution in [3.63, 3.8) is 0 Å².